The van der Waals surface area contributed by atoms with Crippen LogP contribution >= 0.6 is 11.5 Å². The summed E-state index contributed by atoms with van der Waals surface area (Å²) in [4.78, 5) is 4.87. The van der Waals surface area contributed by atoms with E-state index in [2.05, 4.69) is 93.1 Å². The maximum Gasteiger partial charge on any atom is 0.192 e. The normalized spacial score (nSPS) is 14.9. The molecule has 3 aromatic rings. The van der Waals surface area contributed by atoms with E-state index in [0.717, 1.165) is 89.0 Å². The number of unbranched alkanes of at least 4 members (excludes halogenated alkanes) is 1. The van der Waals surface area contributed by atoms with Gasteiger partial charge in [0.25, 0.3) is 0 Å². The SMILES string of the molecule is CCN(CCCCOc1ccc2c(-c3ccc(N4CCOCC4)cc3)nsc2c1)CCO[Si](C)(C)C(C)(C)C. The highest BCUT2D eigenvalue weighted by molar-refractivity contribution is 7.13. The molecule has 1 aliphatic rings. The second-order valence-corrected chi connectivity index (χ2v) is 17.5. The highest BCUT2D eigenvalue weighted by atomic mass is 32.1. The lowest BCUT2D eigenvalue weighted by atomic mass is 10.1. The number of fused-ring (bicyclic) bond motifs is 1. The van der Waals surface area contributed by atoms with E-state index in [-0.39, 0.29) is 5.04 Å². The molecule has 6 nitrogen and oxygen atoms in total. The number of benzene rings is 2. The number of ether oxygens (including phenoxy) is 2. The van der Waals surface area contributed by atoms with Crippen molar-refractivity contribution in [1.29, 1.82) is 0 Å². The maximum atomic E-state index is 6.37. The Morgan fingerprint density at radius 3 is 2.44 bits per heavy atom. The molecule has 0 aliphatic carbocycles. The molecule has 8 heteroatoms. The first-order valence-electron chi connectivity index (χ1n) is 14.5. The summed E-state index contributed by atoms with van der Waals surface area (Å²) in [6.07, 6.45) is 2.17. The van der Waals surface area contributed by atoms with Gasteiger partial charge in [0.05, 0.1) is 30.2 Å². The molecule has 4 rings (SSSR count). The third-order valence-electron chi connectivity index (χ3n) is 8.22. The smallest absolute Gasteiger partial charge is 0.192 e. The lowest BCUT2D eigenvalue weighted by molar-refractivity contribution is 0.122. The molecule has 0 unspecified atom stereocenters. The number of hydrogen-bond acceptors (Lipinski definition) is 7. The molecule has 0 saturated carbocycles. The number of nitrogens with zero attached hydrogens (tertiary/aromatic N) is 3. The Kier molecular flexibility index (Phi) is 10.5. The van der Waals surface area contributed by atoms with E-state index in [0.29, 0.717) is 0 Å². The summed E-state index contributed by atoms with van der Waals surface area (Å²) in [6.45, 7) is 22.0. The number of aromatic nitrogens is 1. The lowest BCUT2D eigenvalue weighted by Gasteiger charge is -2.36. The van der Waals surface area contributed by atoms with Crippen LogP contribution in [0.4, 0.5) is 5.69 Å². The van der Waals surface area contributed by atoms with Gasteiger partial charge in [0.1, 0.15) is 5.75 Å². The van der Waals surface area contributed by atoms with Crippen LogP contribution in [0.5, 0.6) is 5.75 Å². The Hall–Kier alpha value is -1.97. The summed E-state index contributed by atoms with van der Waals surface area (Å²) in [6, 6.07) is 15.1. The summed E-state index contributed by atoms with van der Waals surface area (Å²) in [5.41, 5.74) is 3.45. The molecule has 1 fully saturated rings. The summed E-state index contributed by atoms with van der Waals surface area (Å²) in [5, 5.41) is 1.45. The van der Waals surface area contributed by atoms with Gasteiger partial charge in [-0.1, -0.05) is 39.8 Å². The van der Waals surface area contributed by atoms with E-state index in [1.165, 1.54) is 15.8 Å². The van der Waals surface area contributed by atoms with Crippen molar-refractivity contribution in [2.45, 2.75) is 58.7 Å². The van der Waals surface area contributed by atoms with Crippen molar-refractivity contribution in [2.24, 2.45) is 0 Å². The molecule has 0 spiro atoms. The first-order chi connectivity index (χ1) is 18.7. The molecule has 1 saturated heterocycles. The fraction of sp³-hybridized carbons (Fsp3) is 0.581. The van der Waals surface area contributed by atoms with E-state index in [1.54, 1.807) is 11.5 Å². The average Bonchev–Trinajstić information content (AvgIpc) is 3.35. The fourth-order valence-electron chi connectivity index (χ4n) is 4.57. The van der Waals surface area contributed by atoms with Gasteiger partial charge in [-0.2, -0.15) is 4.37 Å². The van der Waals surface area contributed by atoms with Crippen LogP contribution in [0.3, 0.4) is 0 Å². The highest BCUT2D eigenvalue weighted by Gasteiger charge is 2.36. The van der Waals surface area contributed by atoms with Crippen LogP contribution in [0, 0.1) is 0 Å². The molecule has 0 radical (unpaired) electrons. The Bertz CT molecular complexity index is 1170. The first-order valence-corrected chi connectivity index (χ1v) is 18.2. The lowest BCUT2D eigenvalue weighted by Crippen LogP contribution is -2.42. The van der Waals surface area contributed by atoms with Gasteiger partial charge in [-0.15, -0.1) is 0 Å². The third-order valence-corrected chi connectivity index (χ3v) is 13.6. The largest absolute Gasteiger partial charge is 0.494 e. The zero-order chi connectivity index (χ0) is 27.9. The van der Waals surface area contributed by atoms with Crippen LogP contribution in [0.1, 0.15) is 40.5 Å². The summed E-state index contributed by atoms with van der Waals surface area (Å²) >= 11 is 1.54. The predicted octanol–water partition coefficient (Wildman–Crippen LogP) is 7.30. The van der Waals surface area contributed by atoms with Crippen LogP contribution in [0.15, 0.2) is 42.5 Å². The average molecular weight is 570 g/mol. The monoisotopic (exact) mass is 569 g/mol. The highest BCUT2D eigenvalue weighted by Crippen LogP contribution is 2.36. The van der Waals surface area contributed by atoms with E-state index in [4.69, 9.17) is 18.3 Å². The van der Waals surface area contributed by atoms with Gasteiger partial charge < -0.3 is 23.7 Å². The van der Waals surface area contributed by atoms with Crippen LogP contribution < -0.4 is 9.64 Å². The zero-order valence-electron chi connectivity index (χ0n) is 24.8. The van der Waals surface area contributed by atoms with Gasteiger partial charge in [0.2, 0.25) is 0 Å². The second kappa shape index (κ2) is 13.6. The molecule has 0 N–H and O–H groups in total. The molecular formula is C31H47N3O3SSi. The standard InChI is InChI=1S/C31H47N3O3SSi/c1-7-33(17-23-37-39(5,6)31(2,3)4)16-8-9-20-36-27-14-15-28-29(24-27)38-32-30(28)25-10-12-26(13-11-25)34-18-21-35-22-19-34/h10-15,24H,7-9,16-23H2,1-6H3. The van der Waals surface area contributed by atoms with Crippen molar-refractivity contribution < 1.29 is 13.9 Å². The molecular weight excluding hydrogens is 523 g/mol. The van der Waals surface area contributed by atoms with Crippen LogP contribution in [0.2, 0.25) is 18.1 Å². The second-order valence-electron chi connectivity index (χ2n) is 11.9. The topological polar surface area (TPSA) is 47.1 Å². The van der Waals surface area contributed by atoms with Crippen molar-refractivity contribution in [3.63, 3.8) is 0 Å². The number of morpholine rings is 1. The Morgan fingerprint density at radius 2 is 1.74 bits per heavy atom. The third kappa shape index (κ3) is 8.04. The predicted molar refractivity (Wildman–Crippen MR) is 168 cm³/mol. The minimum absolute atomic E-state index is 0.264. The number of rotatable bonds is 13. The molecule has 1 aromatic heterocycles. The molecule has 214 valence electrons. The fourth-order valence-corrected chi connectivity index (χ4v) is 6.43. The van der Waals surface area contributed by atoms with E-state index in [1.807, 2.05) is 0 Å². The molecule has 0 atom stereocenters. The Labute approximate surface area is 240 Å². The molecule has 2 aromatic carbocycles. The van der Waals surface area contributed by atoms with E-state index >= 15 is 0 Å². The van der Waals surface area contributed by atoms with Gasteiger partial charge in [0.15, 0.2) is 8.32 Å². The summed E-state index contributed by atoms with van der Waals surface area (Å²) in [7, 11) is -1.67. The minimum Gasteiger partial charge on any atom is -0.494 e. The van der Waals surface area contributed by atoms with Gasteiger partial charge in [0, 0.05) is 42.9 Å². The van der Waals surface area contributed by atoms with Crippen molar-refractivity contribution in [3.8, 4) is 17.0 Å². The zero-order valence-corrected chi connectivity index (χ0v) is 26.6. The number of likely N-dealkylation sites (N-methyl/N-ethyl adjacent to an activating group) is 1. The Balaban J connectivity index is 1.22. The number of anilines is 1. The van der Waals surface area contributed by atoms with E-state index in [9.17, 15) is 0 Å². The van der Waals surface area contributed by atoms with Gasteiger partial charge in [-0.05, 0) is 85.9 Å². The molecule has 39 heavy (non-hydrogen) atoms. The van der Waals surface area contributed by atoms with Crippen molar-refractivity contribution in [3.05, 3.63) is 42.5 Å². The van der Waals surface area contributed by atoms with E-state index < -0.39 is 8.32 Å². The number of hydrogen-bond donors (Lipinski definition) is 0. The Morgan fingerprint density at radius 1 is 1.00 bits per heavy atom. The van der Waals surface area contributed by atoms with Gasteiger partial charge in [-0.25, -0.2) is 0 Å². The summed E-state index contributed by atoms with van der Waals surface area (Å²) < 4.78 is 23.9. The molecule has 1 aliphatic heterocycles. The van der Waals surface area contributed by atoms with Gasteiger partial charge in [-0.3, -0.25) is 0 Å². The molecule has 0 bridgehead atoms. The van der Waals surface area contributed by atoms with Crippen LogP contribution in [0.25, 0.3) is 21.3 Å². The molecule has 0 amide bonds. The first kappa shape index (κ1) is 30.0. The maximum absolute atomic E-state index is 6.37. The molecule has 2 heterocycles. The minimum atomic E-state index is -1.67. The summed E-state index contributed by atoms with van der Waals surface area (Å²) in [5.74, 6) is 0.926. The van der Waals surface area contributed by atoms with Crippen molar-refractivity contribution >= 4 is 35.6 Å². The van der Waals surface area contributed by atoms with Crippen LogP contribution in [-0.2, 0) is 9.16 Å². The van der Waals surface area contributed by atoms with Crippen LogP contribution in [-0.4, -0.2) is 76.7 Å². The van der Waals surface area contributed by atoms with Gasteiger partial charge >= 0.3 is 0 Å². The van der Waals surface area contributed by atoms with Crippen molar-refractivity contribution in [1.82, 2.24) is 9.27 Å². The van der Waals surface area contributed by atoms with Crippen molar-refractivity contribution in [2.75, 3.05) is 64.1 Å². The quantitative estimate of drug-likeness (QED) is 0.159.